The second-order valence-corrected chi connectivity index (χ2v) is 8.21. The summed E-state index contributed by atoms with van der Waals surface area (Å²) in [6.07, 6.45) is 2.05. The van der Waals surface area contributed by atoms with Crippen molar-refractivity contribution < 1.29 is 14.1 Å². The van der Waals surface area contributed by atoms with Gasteiger partial charge in [-0.15, -0.1) is 0 Å². The van der Waals surface area contributed by atoms with E-state index in [-0.39, 0.29) is 17.9 Å². The first-order valence-corrected chi connectivity index (χ1v) is 9.99. The lowest BCUT2D eigenvalue weighted by atomic mass is 10.1. The van der Waals surface area contributed by atoms with Crippen LogP contribution in [0.4, 0.5) is 5.82 Å². The quantitative estimate of drug-likeness (QED) is 0.619. The molecule has 0 spiro atoms. The zero-order chi connectivity index (χ0) is 19.7. The summed E-state index contributed by atoms with van der Waals surface area (Å²) in [6, 6.07) is 11.2. The van der Waals surface area contributed by atoms with Gasteiger partial charge in [0.2, 0.25) is 5.91 Å². The van der Waals surface area contributed by atoms with E-state index in [1.54, 1.807) is 26.0 Å². The van der Waals surface area contributed by atoms with Gasteiger partial charge >= 0.3 is 0 Å². The monoisotopic (exact) mass is 396 g/mol. The Kier molecular flexibility index (Phi) is 5.04. The number of nitrogens with zero attached hydrogens (tertiary/aromatic N) is 2. The first-order chi connectivity index (χ1) is 13.5. The Bertz CT molecular complexity index is 1040. The molecule has 28 heavy (non-hydrogen) atoms. The number of hydrogen-bond acceptors (Lipinski definition) is 6. The van der Waals surface area contributed by atoms with Gasteiger partial charge in [0.05, 0.1) is 21.4 Å². The van der Waals surface area contributed by atoms with Crippen molar-refractivity contribution in [3.05, 3.63) is 47.7 Å². The summed E-state index contributed by atoms with van der Waals surface area (Å²) in [4.78, 5) is 29.7. The molecule has 8 heteroatoms. The predicted octanol–water partition coefficient (Wildman–Crippen LogP) is 3.54. The molecule has 0 radical (unpaired) electrons. The molecular formula is C20H20N4O3S. The van der Waals surface area contributed by atoms with E-state index in [4.69, 9.17) is 4.52 Å². The fraction of sp³-hybridized carbons (Fsp3) is 0.300. The van der Waals surface area contributed by atoms with Crippen LogP contribution in [-0.4, -0.2) is 33.2 Å². The SMILES string of the molecule is Cc1cc(NC(=O)C(C)Sc2cc(C(=O)NC3CC3)c3ccccc3n2)no1. The summed E-state index contributed by atoms with van der Waals surface area (Å²) >= 11 is 1.30. The zero-order valence-corrected chi connectivity index (χ0v) is 16.4. The van der Waals surface area contributed by atoms with Crippen LogP contribution in [0.15, 0.2) is 45.9 Å². The molecular weight excluding hydrogens is 376 g/mol. The van der Waals surface area contributed by atoms with E-state index in [9.17, 15) is 9.59 Å². The van der Waals surface area contributed by atoms with Crippen LogP contribution in [0.25, 0.3) is 10.9 Å². The van der Waals surface area contributed by atoms with Gasteiger partial charge in [-0.1, -0.05) is 35.1 Å². The summed E-state index contributed by atoms with van der Waals surface area (Å²) in [5.74, 6) is 0.694. The van der Waals surface area contributed by atoms with E-state index < -0.39 is 5.25 Å². The lowest BCUT2D eigenvalue weighted by Gasteiger charge is -2.13. The van der Waals surface area contributed by atoms with Crippen molar-refractivity contribution in [3.8, 4) is 0 Å². The average Bonchev–Trinajstić information content (AvgIpc) is 3.40. The molecule has 2 amide bonds. The topological polar surface area (TPSA) is 97.1 Å². The number of fused-ring (bicyclic) bond motifs is 1. The number of nitrogens with one attached hydrogen (secondary N) is 2. The third-order valence-electron chi connectivity index (χ3n) is 4.40. The molecule has 2 N–H and O–H groups in total. The molecule has 0 bridgehead atoms. The number of aromatic nitrogens is 2. The minimum atomic E-state index is -0.426. The number of pyridine rings is 1. The van der Waals surface area contributed by atoms with Gasteiger partial charge < -0.3 is 15.2 Å². The Morgan fingerprint density at radius 3 is 2.75 bits per heavy atom. The molecule has 1 aliphatic rings. The van der Waals surface area contributed by atoms with Gasteiger partial charge in [-0.05, 0) is 38.8 Å². The van der Waals surface area contributed by atoms with E-state index in [0.29, 0.717) is 22.2 Å². The van der Waals surface area contributed by atoms with Crippen molar-refractivity contribution >= 4 is 40.3 Å². The van der Waals surface area contributed by atoms with Crippen molar-refractivity contribution in [2.45, 2.75) is 43.0 Å². The first-order valence-electron chi connectivity index (χ1n) is 9.11. The number of rotatable bonds is 6. The summed E-state index contributed by atoms with van der Waals surface area (Å²) in [7, 11) is 0. The van der Waals surface area contributed by atoms with Gasteiger partial charge in [-0.3, -0.25) is 9.59 Å². The lowest BCUT2D eigenvalue weighted by Crippen LogP contribution is -2.26. The molecule has 1 fully saturated rings. The van der Waals surface area contributed by atoms with E-state index in [1.165, 1.54) is 11.8 Å². The van der Waals surface area contributed by atoms with Crippen LogP contribution in [0.5, 0.6) is 0 Å². The molecule has 2 heterocycles. The van der Waals surface area contributed by atoms with Gasteiger partial charge in [0.1, 0.15) is 5.76 Å². The molecule has 2 aromatic heterocycles. The molecule has 4 rings (SSSR count). The fourth-order valence-corrected chi connectivity index (χ4v) is 3.64. The van der Waals surface area contributed by atoms with Crippen molar-refractivity contribution in [3.63, 3.8) is 0 Å². The van der Waals surface area contributed by atoms with Crippen LogP contribution in [0.2, 0.25) is 0 Å². The molecule has 144 valence electrons. The van der Waals surface area contributed by atoms with Crippen molar-refractivity contribution in [1.82, 2.24) is 15.5 Å². The number of thioether (sulfide) groups is 1. The van der Waals surface area contributed by atoms with E-state index in [2.05, 4.69) is 20.8 Å². The number of carbonyl (C=O) groups excluding carboxylic acids is 2. The Balaban J connectivity index is 1.55. The highest BCUT2D eigenvalue weighted by Crippen LogP contribution is 2.28. The average molecular weight is 396 g/mol. The zero-order valence-electron chi connectivity index (χ0n) is 15.6. The number of amides is 2. The molecule has 0 aliphatic heterocycles. The standard InChI is InChI=1S/C20H20N4O3S/c1-11-9-17(24-27-11)23-19(25)12(2)28-18-10-15(20(26)21-13-7-8-13)14-5-3-4-6-16(14)22-18/h3-6,9-10,12-13H,7-8H2,1-2H3,(H,21,26)(H,23,24,25). The Labute approximate surface area is 166 Å². The maximum atomic E-state index is 12.7. The second-order valence-electron chi connectivity index (χ2n) is 6.85. The maximum Gasteiger partial charge on any atom is 0.252 e. The minimum absolute atomic E-state index is 0.0990. The highest BCUT2D eigenvalue weighted by atomic mass is 32.2. The number of anilines is 1. The highest BCUT2D eigenvalue weighted by molar-refractivity contribution is 8.00. The molecule has 1 unspecified atom stereocenters. The normalized spacial score (nSPS) is 14.6. The number of hydrogen-bond donors (Lipinski definition) is 2. The molecule has 1 aromatic carbocycles. The van der Waals surface area contributed by atoms with Gasteiger partial charge in [-0.25, -0.2) is 4.98 Å². The smallest absolute Gasteiger partial charge is 0.252 e. The lowest BCUT2D eigenvalue weighted by molar-refractivity contribution is -0.115. The largest absolute Gasteiger partial charge is 0.360 e. The molecule has 1 atom stereocenters. The van der Waals surface area contributed by atoms with Crippen LogP contribution in [0, 0.1) is 6.92 Å². The number of aryl methyl sites for hydroxylation is 1. The maximum absolute atomic E-state index is 12.7. The van der Waals surface area contributed by atoms with Crippen LogP contribution in [0.1, 0.15) is 35.9 Å². The van der Waals surface area contributed by atoms with Gasteiger partial charge in [-0.2, -0.15) is 0 Å². The number of carbonyl (C=O) groups is 2. The van der Waals surface area contributed by atoms with Crippen LogP contribution >= 0.6 is 11.8 Å². The van der Waals surface area contributed by atoms with Gasteiger partial charge in [0.15, 0.2) is 5.82 Å². The third kappa shape index (κ3) is 4.17. The molecule has 1 saturated carbocycles. The molecule has 3 aromatic rings. The number of para-hydroxylation sites is 1. The molecule has 7 nitrogen and oxygen atoms in total. The fourth-order valence-electron chi connectivity index (χ4n) is 2.78. The molecule has 1 aliphatic carbocycles. The minimum Gasteiger partial charge on any atom is -0.360 e. The van der Waals surface area contributed by atoms with Gasteiger partial charge in [0, 0.05) is 17.5 Å². The van der Waals surface area contributed by atoms with E-state index in [0.717, 1.165) is 23.7 Å². The summed E-state index contributed by atoms with van der Waals surface area (Å²) in [5, 5.41) is 10.5. The Morgan fingerprint density at radius 2 is 2.04 bits per heavy atom. The van der Waals surface area contributed by atoms with Crippen molar-refractivity contribution in [2.75, 3.05) is 5.32 Å². The van der Waals surface area contributed by atoms with Gasteiger partial charge in [0.25, 0.3) is 5.91 Å². The Morgan fingerprint density at radius 1 is 1.25 bits per heavy atom. The highest BCUT2D eigenvalue weighted by Gasteiger charge is 2.25. The van der Waals surface area contributed by atoms with E-state index >= 15 is 0 Å². The van der Waals surface area contributed by atoms with E-state index in [1.807, 2.05) is 24.3 Å². The summed E-state index contributed by atoms with van der Waals surface area (Å²) in [5.41, 5.74) is 1.31. The van der Waals surface area contributed by atoms with Crippen LogP contribution in [0.3, 0.4) is 0 Å². The van der Waals surface area contributed by atoms with Crippen molar-refractivity contribution in [1.29, 1.82) is 0 Å². The molecule has 0 saturated heterocycles. The summed E-state index contributed by atoms with van der Waals surface area (Å²) < 4.78 is 4.96. The first kappa shape index (κ1) is 18.5. The Hall–Kier alpha value is -2.87. The van der Waals surface area contributed by atoms with Crippen molar-refractivity contribution in [2.24, 2.45) is 0 Å². The second kappa shape index (κ2) is 7.63. The third-order valence-corrected chi connectivity index (χ3v) is 5.41. The van der Waals surface area contributed by atoms with Crippen LogP contribution < -0.4 is 10.6 Å². The summed E-state index contributed by atoms with van der Waals surface area (Å²) in [6.45, 7) is 3.54. The van der Waals surface area contributed by atoms with Crippen LogP contribution in [-0.2, 0) is 4.79 Å². The predicted molar refractivity (Wildman–Crippen MR) is 107 cm³/mol. The number of benzene rings is 1.